The van der Waals surface area contributed by atoms with Crippen molar-refractivity contribution in [2.24, 2.45) is 0 Å². The van der Waals surface area contributed by atoms with Gasteiger partial charge < -0.3 is 20.1 Å². The molecule has 3 aromatic rings. The Balaban J connectivity index is 1.43. The molecule has 0 aliphatic carbocycles. The third-order valence-corrected chi connectivity index (χ3v) is 4.01. The maximum Gasteiger partial charge on any atom is 0.276 e. The molecule has 1 aromatic heterocycles. The lowest BCUT2D eigenvalue weighted by Crippen LogP contribution is -2.14. The molecule has 0 saturated heterocycles. The summed E-state index contributed by atoms with van der Waals surface area (Å²) in [5.41, 5.74) is 1.20. The summed E-state index contributed by atoms with van der Waals surface area (Å²) in [6.07, 6.45) is 0. The van der Waals surface area contributed by atoms with Gasteiger partial charge in [-0.2, -0.15) is 0 Å². The Morgan fingerprint density at radius 1 is 1.00 bits per heavy atom. The highest BCUT2D eigenvalue weighted by molar-refractivity contribution is 6.31. The number of hydrogen-bond acceptors (Lipinski definition) is 6. The monoisotopic (exact) mass is 386 g/mol. The van der Waals surface area contributed by atoms with E-state index < -0.39 is 11.7 Å². The first-order valence-corrected chi connectivity index (χ1v) is 8.23. The molecule has 1 aliphatic heterocycles. The molecule has 2 N–H and O–H groups in total. The summed E-state index contributed by atoms with van der Waals surface area (Å²) in [5, 5.41) is 13.4. The number of halogens is 2. The molecule has 0 spiro atoms. The molecule has 7 nitrogen and oxygen atoms in total. The predicted octanol–water partition coefficient (Wildman–Crippen LogP) is 3.99. The number of nitrogens with one attached hydrogen (secondary N) is 2. The SMILES string of the molecule is O=C(Nc1ccc(F)c(Cl)c1)c1ccc(Nc2ccc3c(c2)OCO3)nn1. The van der Waals surface area contributed by atoms with Gasteiger partial charge in [0.25, 0.3) is 5.91 Å². The number of hydrogen-bond donors (Lipinski definition) is 2. The quantitative estimate of drug-likeness (QED) is 0.705. The van der Waals surface area contributed by atoms with Crippen molar-refractivity contribution in [2.45, 2.75) is 0 Å². The van der Waals surface area contributed by atoms with Crippen LogP contribution in [0.5, 0.6) is 11.5 Å². The zero-order valence-corrected chi connectivity index (χ0v) is 14.5. The van der Waals surface area contributed by atoms with E-state index in [4.69, 9.17) is 21.1 Å². The van der Waals surface area contributed by atoms with Gasteiger partial charge in [0.05, 0.1) is 5.02 Å². The molecule has 0 fully saturated rings. The molecule has 4 rings (SSSR count). The van der Waals surface area contributed by atoms with Gasteiger partial charge in [0, 0.05) is 17.4 Å². The molecule has 1 amide bonds. The average molecular weight is 387 g/mol. The molecule has 0 saturated carbocycles. The van der Waals surface area contributed by atoms with Crippen molar-refractivity contribution in [3.8, 4) is 11.5 Å². The molecule has 136 valence electrons. The average Bonchev–Trinajstić information content (AvgIpc) is 3.13. The van der Waals surface area contributed by atoms with Gasteiger partial charge in [0.15, 0.2) is 23.0 Å². The third-order valence-electron chi connectivity index (χ3n) is 3.72. The van der Waals surface area contributed by atoms with E-state index >= 15 is 0 Å². The summed E-state index contributed by atoms with van der Waals surface area (Å²) in [5.74, 6) is 0.727. The molecule has 9 heteroatoms. The van der Waals surface area contributed by atoms with Gasteiger partial charge in [0.1, 0.15) is 5.82 Å². The summed E-state index contributed by atoms with van der Waals surface area (Å²) >= 11 is 5.70. The standard InChI is InChI=1S/C18H12ClFN4O3/c19-12-7-10(1-3-13(12)20)22-18(25)14-4-6-17(24-23-14)21-11-2-5-15-16(8-11)27-9-26-15/h1-8H,9H2,(H,21,24)(H,22,25). The van der Waals surface area contributed by atoms with E-state index in [9.17, 15) is 9.18 Å². The van der Waals surface area contributed by atoms with Crippen LogP contribution in [0.1, 0.15) is 10.5 Å². The zero-order chi connectivity index (χ0) is 18.8. The Hall–Kier alpha value is -3.39. The molecule has 0 unspecified atom stereocenters. The third kappa shape index (κ3) is 3.75. The van der Waals surface area contributed by atoms with Crippen molar-refractivity contribution in [3.05, 3.63) is 65.1 Å². The fourth-order valence-corrected chi connectivity index (χ4v) is 2.59. The minimum Gasteiger partial charge on any atom is -0.454 e. The number of anilines is 3. The van der Waals surface area contributed by atoms with Gasteiger partial charge in [-0.1, -0.05) is 11.6 Å². The van der Waals surface area contributed by atoms with Gasteiger partial charge in [-0.15, -0.1) is 10.2 Å². The Morgan fingerprint density at radius 3 is 2.59 bits per heavy atom. The molecule has 2 heterocycles. The number of amides is 1. The molecule has 0 radical (unpaired) electrons. The van der Waals surface area contributed by atoms with Gasteiger partial charge in [-0.3, -0.25) is 4.79 Å². The summed E-state index contributed by atoms with van der Waals surface area (Å²) in [6, 6.07) is 12.4. The van der Waals surface area contributed by atoms with Gasteiger partial charge in [0.2, 0.25) is 6.79 Å². The normalized spacial score (nSPS) is 11.9. The number of carbonyl (C=O) groups is 1. The predicted molar refractivity (Wildman–Crippen MR) is 97.2 cm³/mol. The van der Waals surface area contributed by atoms with Crippen LogP contribution in [-0.2, 0) is 0 Å². The molecular formula is C18H12ClFN4O3. The van der Waals surface area contributed by atoms with Gasteiger partial charge in [-0.25, -0.2) is 4.39 Å². The van der Waals surface area contributed by atoms with Crippen LogP contribution in [0.15, 0.2) is 48.5 Å². The lowest BCUT2D eigenvalue weighted by atomic mass is 10.2. The number of nitrogens with zero attached hydrogens (tertiary/aromatic N) is 2. The topological polar surface area (TPSA) is 85.4 Å². The van der Waals surface area contributed by atoms with Crippen LogP contribution in [0.3, 0.4) is 0 Å². The highest BCUT2D eigenvalue weighted by Crippen LogP contribution is 2.34. The largest absolute Gasteiger partial charge is 0.454 e. The molecule has 2 aromatic carbocycles. The lowest BCUT2D eigenvalue weighted by molar-refractivity contribution is 0.102. The minimum atomic E-state index is -0.562. The number of carbonyl (C=O) groups excluding carboxylic acids is 1. The summed E-state index contributed by atoms with van der Waals surface area (Å²) in [6.45, 7) is 0.196. The maximum absolute atomic E-state index is 13.2. The summed E-state index contributed by atoms with van der Waals surface area (Å²) in [7, 11) is 0. The fourth-order valence-electron chi connectivity index (χ4n) is 2.41. The number of aromatic nitrogens is 2. The first kappa shape index (κ1) is 17.0. The second kappa shape index (κ2) is 7.08. The molecule has 0 bridgehead atoms. The van der Waals surface area contributed by atoms with E-state index in [1.165, 1.54) is 24.3 Å². The summed E-state index contributed by atoms with van der Waals surface area (Å²) < 4.78 is 23.7. The van der Waals surface area contributed by atoms with Crippen molar-refractivity contribution < 1.29 is 18.7 Å². The highest BCUT2D eigenvalue weighted by Gasteiger charge is 2.14. The Bertz CT molecular complexity index is 1010. The zero-order valence-electron chi connectivity index (χ0n) is 13.7. The fraction of sp³-hybridized carbons (Fsp3) is 0.0556. The molecule has 0 atom stereocenters. The van der Waals surface area contributed by atoms with Crippen molar-refractivity contribution in [2.75, 3.05) is 17.4 Å². The molecule has 1 aliphatic rings. The van der Waals surface area contributed by atoms with Crippen molar-refractivity contribution in [3.63, 3.8) is 0 Å². The van der Waals surface area contributed by atoms with Crippen LogP contribution in [0.2, 0.25) is 5.02 Å². The van der Waals surface area contributed by atoms with E-state index in [2.05, 4.69) is 20.8 Å². The van der Waals surface area contributed by atoms with E-state index in [1.54, 1.807) is 18.2 Å². The lowest BCUT2D eigenvalue weighted by Gasteiger charge is -2.07. The number of fused-ring (bicyclic) bond motifs is 1. The number of benzene rings is 2. The minimum absolute atomic E-state index is 0.0813. The second-order valence-electron chi connectivity index (χ2n) is 5.58. The molecular weight excluding hydrogens is 375 g/mol. The van der Waals surface area contributed by atoms with Crippen molar-refractivity contribution in [1.29, 1.82) is 0 Å². The first-order valence-electron chi connectivity index (χ1n) is 7.85. The van der Waals surface area contributed by atoms with Crippen molar-refractivity contribution >= 4 is 34.7 Å². The number of rotatable bonds is 4. The van der Waals surface area contributed by atoms with Crippen LogP contribution in [0.25, 0.3) is 0 Å². The van der Waals surface area contributed by atoms with Crippen LogP contribution >= 0.6 is 11.6 Å². The van der Waals surface area contributed by atoms with E-state index in [0.29, 0.717) is 23.0 Å². The Kier molecular flexibility index (Phi) is 4.47. The highest BCUT2D eigenvalue weighted by atomic mass is 35.5. The van der Waals surface area contributed by atoms with Crippen LogP contribution in [-0.4, -0.2) is 22.9 Å². The first-order chi connectivity index (χ1) is 13.1. The van der Waals surface area contributed by atoms with Gasteiger partial charge >= 0.3 is 0 Å². The van der Waals surface area contributed by atoms with E-state index in [-0.39, 0.29) is 17.5 Å². The van der Waals surface area contributed by atoms with Crippen LogP contribution in [0, 0.1) is 5.82 Å². The maximum atomic E-state index is 13.2. The smallest absolute Gasteiger partial charge is 0.276 e. The van der Waals surface area contributed by atoms with E-state index in [0.717, 1.165) is 5.69 Å². The van der Waals surface area contributed by atoms with Crippen LogP contribution < -0.4 is 20.1 Å². The number of ether oxygens (including phenoxy) is 2. The Morgan fingerprint density at radius 2 is 1.81 bits per heavy atom. The van der Waals surface area contributed by atoms with Gasteiger partial charge in [-0.05, 0) is 42.5 Å². The summed E-state index contributed by atoms with van der Waals surface area (Å²) in [4.78, 5) is 12.2. The van der Waals surface area contributed by atoms with Crippen molar-refractivity contribution in [1.82, 2.24) is 10.2 Å². The second-order valence-corrected chi connectivity index (χ2v) is 5.99. The van der Waals surface area contributed by atoms with Crippen LogP contribution in [0.4, 0.5) is 21.6 Å². The molecule has 27 heavy (non-hydrogen) atoms. The van der Waals surface area contributed by atoms with E-state index in [1.807, 2.05) is 6.07 Å². The Labute approximate surface area is 158 Å².